The number of Topliss-reactive ketones (excluding diaryl/α,β-unsaturated/α-hetero) is 1. The lowest BCUT2D eigenvalue weighted by Crippen LogP contribution is -2.27. The van der Waals surface area contributed by atoms with Gasteiger partial charge in [0.2, 0.25) is 5.13 Å². The van der Waals surface area contributed by atoms with Gasteiger partial charge in [0.15, 0.2) is 5.78 Å². The van der Waals surface area contributed by atoms with Gasteiger partial charge in [-0.05, 0) is 36.6 Å². The fourth-order valence-corrected chi connectivity index (χ4v) is 4.29. The van der Waals surface area contributed by atoms with Crippen LogP contribution in [0.3, 0.4) is 0 Å². The van der Waals surface area contributed by atoms with E-state index in [2.05, 4.69) is 10.2 Å². The Morgan fingerprint density at radius 2 is 2.10 bits per heavy atom. The van der Waals surface area contributed by atoms with E-state index in [1.807, 2.05) is 0 Å². The van der Waals surface area contributed by atoms with Gasteiger partial charge in [0.05, 0.1) is 4.90 Å². The second-order valence-electron chi connectivity index (χ2n) is 4.79. The summed E-state index contributed by atoms with van der Waals surface area (Å²) < 4.78 is 26.3. The third-order valence-electron chi connectivity index (χ3n) is 3.50. The molecule has 0 amide bonds. The van der Waals surface area contributed by atoms with Crippen LogP contribution in [0.5, 0.6) is 0 Å². The molecule has 110 valence electrons. The minimum atomic E-state index is -3.68. The van der Waals surface area contributed by atoms with Crippen molar-refractivity contribution in [3.8, 4) is 0 Å². The Hall–Kier alpha value is -1.80. The number of ketones is 1. The molecule has 1 aliphatic carbocycles. The van der Waals surface area contributed by atoms with Crippen LogP contribution in [-0.2, 0) is 16.4 Å². The largest absolute Gasteiger partial charge is 0.294 e. The standard InChI is InChI=1S/C13H13N3O3S2/c1-16(13-15-14-8-20-13)21(18,19)10-5-6-11-9(7-10)3-2-4-12(11)17/h5-8H,2-4H2,1H3. The summed E-state index contributed by atoms with van der Waals surface area (Å²) in [7, 11) is -2.24. The van der Waals surface area contributed by atoms with Gasteiger partial charge in [-0.1, -0.05) is 11.3 Å². The Morgan fingerprint density at radius 3 is 2.81 bits per heavy atom. The molecule has 1 aliphatic rings. The van der Waals surface area contributed by atoms with Crippen LogP contribution < -0.4 is 4.31 Å². The minimum absolute atomic E-state index is 0.0812. The van der Waals surface area contributed by atoms with E-state index in [9.17, 15) is 13.2 Å². The number of benzene rings is 1. The second kappa shape index (κ2) is 5.19. The Balaban J connectivity index is 2.02. The maximum absolute atomic E-state index is 12.6. The van der Waals surface area contributed by atoms with Gasteiger partial charge in [-0.3, -0.25) is 4.79 Å². The van der Waals surface area contributed by atoms with Crippen LogP contribution in [0.1, 0.15) is 28.8 Å². The predicted molar refractivity (Wildman–Crippen MR) is 79.2 cm³/mol. The molecule has 1 aromatic heterocycles. The highest BCUT2D eigenvalue weighted by Gasteiger charge is 2.26. The Kier molecular flexibility index (Phi) is 3.50. The number of carbonyl (C=O) groups excluding carboxylic acids is 1. The molecule has 1 aromatic carbocycles. The van der Waals surface area contributed by atoms with E-state index in [4.69, 9.17) is 0 Å². The van der Waals surface area contributed by atoms with E-state index in [1.165, 1.54) is 18.6 Å². The van der Waals surface area contributed by atoms with Crippen molar-refractivity contribution in [3.05, 3.63) is 34.8 Å². The first-order chi connectivity index (χ1) is 10.00. The van der Waals surface area contributed by atoms with Gasteiger partial charge in [-0.15, -0.1) is 10.2 Å². The zero-order chi connectivity index (χ0) is 15.0. The molecule has 0 unspecified atom stereocenters. The van der Waals surface area contributed by atoms with E-state index in [-0.39, 0.29) is 10.7 Å². The molecule has 0 saturated heterocycles. The van der Waals surface area contributed by atoms with Crippen LogP contribution in [0.25, 0.3) is 0 Å². The number of aromatic nitrogens is 2. The monoisotopic (exact) mass is 323 g/mol. The van der Waals surface area contributed by atoms with Crippen molar-refractivity contribution >= 4 is 32.3 Å². The molecule has 6 nitrogen and oxygen atoms in total. The minimum Gasteiger partial charge on any atom is -0.294 e. The number of anilines is 1. The molecule has 8 heteroatoms. The van der Waals surface area contributed by atoms with Crippen molar-refractivity contribution in [2.45, 2.75) is 24.2 Å². The number of nitrogens with zero attached hydrogens (tertiary/aromatic N) is 3. The van der Waals surface area contributed by atoms with Gasteiger partial charge < -0.3 is 0 Å². The SMILES string of the molecule is CN(c1nncs1)S(=O)(=O)c1ccc2c(c1)CCCC2=O. The van der Waals surface area contributed by atoms with Crippen LogP contribution in [0.4, 0.5) is 5.13 Å². The predicted octanol–water partition coefficient (Wildman–Crippen LogP) is 1.88. The summed E-state index contributed by atoms with van der Waals surface area (Å²) in [5.41, 5.74) is 2.92. The summed E-state index contributed by atoms with van der Waals surface area (Å²) in [6, 6.07) is 4.69. The highest BCUT2D eigenvalue weighted by Crippen LogP contribution is 2.27. The maximum atomic E-state index is 12.6. The summed E-state index contributed by atoms with van der Waals surface area (Å²) in [5.74, 6) is 0.0812. The van der Waals surface area contributed by atoms with Gasteiger partial charge in [0, 0.05) is 19.0 Å². The highest BCUT2D eigenvalue weighted by molar-refractivity contribution is 7.93. The Bertz CT molecular complexity index is 785. The highest BCUT2D eigenvalue weighted by atomic mass is 32.2. The molecule has 0 saturated carbocycles. The van der Waals surface area contributed by atoms with Crippen LogP contribution in [0.2, 0.25) is 0 Å². The molecule has 0 radical (unpaired) electrons. The summed E-state index contributed by atoms with van der Waals surface area (Å²) >= 11 is 1.15. The first-order valence-electron chi connectivity index (χ1n) is 6.41. The molecule has 0 bridgehead atoms. The Morgan fingerprint density at radius 1 is 1.29 bits per heavy atom. The van der Waals surface area contributed by atoms with Crippen LogP contribution in [0, 0.1) is 0 Å². The van der Waals surface area contributed by atoms with Gasteiger partial charge in [0.25, 0.3) is 10.0 Å². The lowest BCUT2D eigenvalue weighted by atomic mass is 9.91. The molecule has 0 N–H and O–H groups in total. The van der Waals surface area contributed by atoms with Crippen molar-refractivity contribution in [1.29, 1.82) is 0 Å². The normalized spacial score (nSPS) is 14.8. The van der Waals surface area contributed by atoms with Crippen molar-refractivity contribution < 1.29 is 13.2 Å². The van der Waals surface area contributed by atoms with E-state index in [1.54, 1.807) is 12.1 Å². The average molecular weight is 323 g/mol. The van der Waals surface area contributed by atoms with E-state index < -0.39 is 10.0 Å². The quantitative estimate of drug-likeness (QED) is 0.861. The molecule has 21 heavy (non-hydrogen) atoms. The van der Waals surface area contributed by atoms with Crippen LogP contribution >= 0.6 is 11.3 Å². The molecule has 0 fully saturated rings. The summed E-state index contributed by atoms with van der Waals surface area (Å²) in [4.78, 5) is 12.0. The van der Waals surface area contributed by atoms with Gasteiger partial charge in [-0.2, -0.15) is 0 Å². The van der Waals surface area contributed by atoms with Gasteiger partial charge in [0.1, 0.15) is 5.51 Å². The fraction of sp³-hybridized carbons (Fsp3) is 0.308. The number of hydrogen-bond acceptors (Lipinski definition) is 6. The number of carbonyl (C=O) groups is 1. The number of sulfonamides is 1. The van der Waals surface area contributed by atoms with E-state index in [0.29, 0.717) is 17.1 Å². The summed E-state index contributed by atoms with van der Waals surface area (Å²) in [5, 5.41) is 7.73. The third-order valence-corrected chi connectivity index (χ3v) is 6.13. The molecule has 2 aromatic rings. The second-order valence-corrected chi connectivity index (χ2v) is 7.57. The molecular weight excluding hydrogens is 310 g/mol. The first-order valence-corrected chi connectivity index (χ1v) is 8.73. The molecule has 3 rings (SSSR count). The smallest absolute Gasteiger partial charge is 0.265 e. The zero-order valence-electron chi connectivity index (χ0n) is 11.3. The maximum Gasteiger partial charge on any atom is 0.265 e. The Labute approximate surface area is 126 Å². The zero-order valence-corrected chi connectivity index (χ0v) is 12.9. The van der Waals surface area contributed by atoms with Crippen LogP contribution in [-0.4, -0.2) is 31.4 Å². The fourth-order valence-electron chi connectivity index (χ4n) is 2.35. The van der Waals surface area contributed by atoms with Crippen molar-refractivity contribution in [1.82, 2.24) is 10.2 Å². The van der Waals surface area contributed by atoms with Gasteiger partial charge >= 0.3 is 0 Å². The lowest BCUT2D eigenvalue weighted by Gasteiger charge is -2.19. The van der Waals surface area contributed by atoms with Gasteiger partial charge in [-0.25, -0.2) is 12.7 Å². The van der Waals surface area contributed by atoms with Crippen molar-refractivity contribution in [2.75, 3.05) is 11.4 Å². The molecule has 0 aliphatic heterocycles. The van der Waals surface area contributed by atoms with E-state index >= 15 is 0 Å². The first kappa shape index (κ1) is 14.2. The average Bonchev–Trinajstić information content (AvgIpc) is 3.00. The molecular formula is C13H13N3O3S2. The van der Waals surface area contributed by atoms with Crippen molar-refractivity contribution in [3.63, 3.8) is 0 Å². The number of rotatable bonds is 3. The lowest BCUT2D eigenvalue weighted by molar-refractivity contribution is 0.0972. The summed E-state index contributed by atoms with van der Waals surface area (Å²) in [6.07, 6.45) is 2.03. The number of aryl methyl sites for hydroxylation is 1. The molecule has 0 atom stereocenters. The van der Waals surface area contributed by atoms with Crippen molar-refractivity contribution in [2.24, 2.45) is 0 Å². The van der Waals surface area contributed by atoms with E-state index in [0.717, 1.165) is 34.0 Å². The third kappa shape index (κ3) is 2.44. The molecule has 0 spiro atoms. The topological polar surface area (TPSA) is 80.2 Å². The summed E-state index contributed by atoms with van der Waals surface area (Å²) in [6.45, 7) is 0. The van der Waals surface area contributed by atoms with Crippen LogP contribution in [0.15, 0.2) is 28.6 Å². The number of fused-ring (bicyclic) bond motifs is 1. The molecule has 1 heterocycles. The number of hydrogen-bond donors (Lipinski definition) is 0.